The van der Waals surface area contributed by atoms with Gasteiger partial charge in [0.25, 0.3) is 5.91 Å². The number of fused-ring (bicyclic) bond motifs is 4. The van der Waals surface area contributed by atoms with Crippen molar-refractivity contribution < 1.29 is 14.4 Å². The predicted molar refractivity (Wildman–Crippen MR) is 123 cm³/mol. The molecule has 4 N–H and O–H groups in total. The fraction of sp³-hybridized carbons (Fsp3) is 0.292. The zero-order chi connectivity index (χ0) is 22.2. The number of nitrogens with one attached hydrogen (secondary N) is 4. The van der Waals surface area contributed by atoms with E-state index in [0.717, 1.165) is 35.9 Å². The van der Waals surface area contributed by atoms with Crippen LogP contribution in [0.25, 0.3) is 10.9 Å². The molecule has 0 saturated carbocycles. The van der Waals surface area contributed by atoms with E-state index in [0.29, 0.717) is 16.3 Å². The molecule has 32 heavy (non-hydrogen) atoms. The minimum atomic E-state index is -0.769. The minimum absolute atomic E-state index is 0.127. The molecule has 1 unspecified atom stereocenters. The number of carbonyl (C=O) groups excluding carboxylic acids is 3. The van der Waals surface area contributed by atoms with Gasteiger partial charge in [0.05, 0.1) is 27.8 Å². The third kappa shape index (κ3) is 3.73. The Kier molecular flexibility index (Phi) is 5.35. The number of hydrogen-bond donors (Lipinski definition) is 4. The average molecular weight is 451 g/mol. The van der Waals surface area contributed by atoms with Crippen molar-refractivity contribution in [3.63, 3.8) is 0 Å². The summed E-state index contributed by atoms with van der Waals surface area (Å²) in [4.78, 5) is 41.2. The number of benzene rings is 2. The zero-order valence-electron chi connectivity index (χ0n) is 17.3. The van der Waals surface area contributed by atoms with Gasteiger partial charge >= 0.3 is 0 Å². The Balaban J connectivity index is 1.26. The molecular weight excluding hydrogens is 428 g/mol. The summed E-state index contributed by atoms with van der Waals surface area (Å²) in [5.74, 6) is -0.797. The predicted octanol–water partition coefficient (Wildman–Crippen LogP) is 3.85. The van der Waals surface area contributed by atoms with Crippen LogP contribution in [0.2, 0.25) is 5.02 Å². The number of H-pyrrole nitrogens is 1. The van der Waals surface area contributed by atoms with Gasteiger partial charge in [0.15, 0.2) is 0 Å². The van der Waals surface area contributed by atoms with E-state index in [-0.39, 0.29) is 36.6 Å². The average Bonchev–Trinajstić information content (AvgIpc) is 3.12. The van der Waals surface area contributed by atoms with E-state index in [1.807, 2.05) is 18.2 Å². The van der Waals surface area contributed by atoms with Crippen molar-refractivity contribution in [2.24, 2.45) is 0 Å². The largest absolute Gasteiger partial charge is 0.355 e. The molecule has 0 spiro atoms. The minimum Gasteiger partial charge on any atom is -0.355 e. The van der Waals surface area contributed by atoms with Crippen molar-refractivity contribution in [1.82, 2.24) is 15.6 Å². The van der Waals surface area contributed by atoms with Crippen molar-refractivity contribution in [3.05, 3.63) is 64.3 Å². The van der Waals surface area contributed by atoms with E-state index in [1.54, 1.807) is 24.3 Å². The maximum atomic E-state index is 12.7. The Morgan fingerprint density at radius 2 is 1.97 bits per heavy atom. The van der Waals surface area contributed by atoms with Gasteiger partial charge in [0.2, 0.25) is 11.8 Å². The summed E-state index contributed by atoms with van der Waals surface area (Å²) in [6.45, 7) is 0. The van der Waals surface area contributed by atoms with Gasteiger partial charge in [-0.2, -0.15) is 0 Å². The first kappa shape index (κ1) is 20.6. The van der Waals surface area contributed by atoms with Crippen LogP contribution in [0.15, 0.2) is 42.5 Å². The summed E-state index contributed by atoms with van der Waals surface area (Å²) in [6.07, 6.45) is 3.09. The van der Waals surface area contributed by atoms with E-state index in [2.05, 4.69) is 20.9 Å². The molecule has 8 heteroatoms. The molecular formula is C24H23ClN4O3. The lowest BCUT2D eigenvalue weighted by Gasteiger charge is -2.24. The molecule has 2 heterocycles. The quantitative estimate of drug-likeness (QED) is 0.485. The molecule has 0 fully saturated rings. The molecule has 164 valence electrons. The van der Waals surface area contributed by atoms with Crippen LogP contribution in [0.1, 0.15) is 53.3 Å². The molecule has 2 aromatic carbocycles. The van der Waals surface area contributed by atoms with Crippen LogP contribution in [0.3, 0.4) is 0 Å². The van der Waals surface area contributed by atoms with Crippen molar-refractivity contribution >= 4 is 45.9 Å². The summed E-state index contributed by atoms with van der Waals surface area (Å²) >= 11 is 6.35. The Morgan fingerprint density at radius 3 is 2.84 bits per heavy atom. The second-order valence-corrected chi connectivity index (χ2v) is 8.70. The molecule has 3 amide bonds. The lowest BCUT2D eigenvalue weighted by Crippen LogP contribution is -2.42. The first-order chi connectivity index (χ1) is 15.5. The van der Waals surface area contributed by atoms with Gasteiger partial charge in [-0.05, 0) is 49.4 Å². The highest BCUT2D eigenvalue weighted by atomic mass is 35.5. The van der Waals surface area contributed by atoms with Crippen LogP contribution in [0, 0.1) is 0 Å². The molecule has 5 rings (SSSR count). The molecule has 2 atom stereocenters. The lowest BCUT2D eigenvalue weighted by atomic mass is 9.91. The normalized spacial score (nSPS) is 20.0. The maximum Gasteiger partial charge on any atom is 0.254 e. The number of para-hydroxylation sites is 2. The molecule has 1 aliphatic heterocycles. The third-order valence-corrected chi connectivity index (χ3v) is 6.55. The van der Waals surface area contributed by atoms with E-state index < -0.39 is 6.04 Å². The monoisotopic (exact) mass is 450 g/mol. The lowest BCUT2D eigenvalue weighted by molar-refractivity contribution is -0.122. The highest BCUT2D eigenvalue weighted by molar-refractivity contribution is 6.35. The molecule has 0 radical (unpaired) electrons. The van der Waals surface area contributed by atoms with Crippen molar-refractivity contribution in [2.45, 2.75) is 44.2 Å². The molecule has 1 aliphatic carbocycles. The SMILES string of the molecule is O=C(CC[C@@H]1NC(=O)c2ccccc2NC1=O)NC1CCCc2c1[nH]c1c(Cl)cccc21. The van der Waals surface area contributed by atoms with Crippen molar-refractivity contribution in [3.8, 4) is 0 Å². The van der Waals surface area contributed by atoms with Gasteiger partial charge < -0.3 is 20.9 Å². The van der Waals surface area contributed by atoms with E-state index in [1.165, 1.54) is 5.56 Å². The van der Waals surface area contributed by atoms with E-state index in [9.17, 15) is 14.4 Å². The highest BCUT2D eigenvalue weighted by Gasteiger charge is 2.29. The Bertz CT molecular complexity index is 1240. The number of carbonyl (C=O) groups is 3. The fourth-order valence-corrected chi connectivity index (χ4v) is 4.87. The second-order valence-electron chi connectivity index (χ2n) is 8.29. The summed E-state index contributed by atoms with van der Waals surface area (Å²) in [5, 5.41) is 10.4. The molecule has 7 nitrogen and oxygen atoms in total. The van der Waals surface area contributed by atoms with Crippen LogP contribution >= 0.6 is 11.6 Å². The molecule has 2 aliphatic rings. The number of halogens is 1. The number of rotatable bonds is 4. The number of amides is 3. The Labute approximate surface area is 189 Å². The second kappa shape index (κ2) is 8.31. The molecule has 0 saturated heterocycles. The number of aromatic amines is 1. The topological polar surface area (TPSA) is 103 Å². The summed E-state index contributed by atoms with van der Waals surface area (Å²) in [7, 11) is 0. The van der Waals surface area contributed by atoms with Crippen molar-refractivity contribution in [1.29, 1.82) is 0 Å². The number of hydrogen-bond acceptors (Lipinski definition) is 3. The van der Waals surface area contributed by atoms with Crippen LogP contribution < -0.4 is 16.0 Å². The highest BCUT2D eigenvalue weighted by Crippen LogP contribution is 2.37. The zero-order valence-corrected chi connectivity index (χ0v) is 18.1. The van der Waals surface area contributed by atoms with Gasteiger partial charge in [-0.3, -0.25) is 14.4 Å². The van der Waals surface area contributed by atoms with E-state index >= 15 is 0 Å². The number of aromatic nitrogens is 1. The Hall–Kier alpha value is -3.32. The molecule has 3 aromatic rings. The van der Waals surface area contributed by atoms with Gasteiger partial charge in [0, 0.05) is 17.5 Å². The van der Waals surface area contributed by atoms with Crippen LogP contribution in [-0.4, -0.2) is 28.7 Å². The first-order valence-corrected chi connectivity index (χ1v) is 11.2. The molecule has 1 aromatic heterocycles. The number of aryl methyl sites for hydroxylation is 1. The standard InChI is InChI=1S/C24H23ClN4O3/c25-16-8-3-6-13-14-7-4-10-18(22(14)29-21(13)16)26-20(30)12-11-19-24(32)27-17-9-2-1-5-15(17)23(31)28-19/h1-3,5-6,8-9,18-19,29H,4,7,10-12H2,(H,26,30)(H,27,32)(H,28,31)/t18?,19-/m0/s1. The summed E-state index contributed by atoms with van der Waals surface area (Å²) < 4.78 is 0. The smallest absolute Gasteiger partial charge is 0.254 e. The van der Waals surface area contributed by atoms with Crippen LogP contribution in [0.4, 0.5) is 5.69 Å². The number of anilines is 1. The van der Waals surface area contributed by atoms with Crippen molar-refractivity contribution in [2.75, 3.05) is 5.32 Å². The maximum absolute atomic E-state index is 12.7. The summed E-state index contributed by atoms with van der Waals surface area (Å²) in [5.41, 5.74) is 4.00. The van der Waals surface area contributed by atoms with Gasteiger partial charge in [-0.25, -0.2) is 0 Å². The van der Waals surface area contributed by atoms with Crippen LogP contribution in [-0.2, 0) is 16.0 Å². The van der Waals surface area contributed by atoms with Gasteiger partial charge in [0.1, 0.15) is 6.04 Å². The third-order valence-electron chi connectivity index (χ3n) is 6.24. The first-order valence-electron chi connectivity index (χ1n) is 10.8. The van der Waals surface area contributed by atoms with E-state index in [4.69, 9.17) is 11.6 Å². The van der Waals surface area contributed by atoms with Gasteiger partial charge in [-0.15, -0.1) is 0 Å². The molecule has 0 bridgehead atoms. The fourth-order valence-electron chi connectivity index (χ4n) is 4.65. The van der Waals surface area contributed by atoms with Gasteiger partial charge in [-0.1, -0.05) is 35.9 Å². The van der Waals surface area contributed by atoms with Crippen LogP contribution in [0.5, 0.6) is 0 Å². The summed E-state index contributed by atoms with van der Waals surface area (Å²) in [6, 6.07) is 11.8. The Morgan fingerprint density at radius 1 is 1.12 bits per heavy atom.